The van der Waals surface area contributed by atoms with Gasteiger partial charge in [-0.05, 0) is 25.3 Å². The molecule has 2 aromatic heterocycles. The topological polar surface area (TPSA) is 81.7 Å². The lowest BCUT2D eigenvalue weighted by atomic mass is 10.1. The number of hydrogen-bond acceptors (Lipinski definition) is 7. The number of carbonyl (C=O) groups excluding carboxylic acids is 3. The number of allylic oxidation sites excluding steroid dienone is 3. The van der Waals surface area contributed by atoms with E-state index >= 15 is 0 Å². The van der Waals surface area contributed by atoms with Gasteiger partial charge in [-0.2, -0.15) is 0 Å². The van der Waals surface area contributed by atoms with E-state index in [4.69, 9.17) is 9.47 Å². The molecule has 142 valence electrons. The third-order valence-corrected chi connectivity index (χ3v) is 4.99. The number of anilines is 1. The van der Waals surface area contributed by atoms with Gasteiger partial charge in [0.2, 0.25) is 0 Å². The molecule has 0 aliphatic rings. The second-order valence-electron chi connectivity index (χ2n) is 5.09. The molecule has 0 bridgehead atoms. The van der Waals surface area contributed by atoms with Crippen molar-refractivity contribution in [3.05, 3.63) is 52.8 Å². The Kier molecular flexibility index (Phi) is 7.97. The first-order valence-corrected chi connectivity index (χ1v) is 9.91. The third kappa shape index (κ3) is 5.90. The zero-order chi connectivity index (χ0) is 19.6. The quantitative estimate of drug-likeness (QED) is 0.403. The molecule has 2 aromatic rings. The van der Waals surface area contributed by atoms with E-state index in [1.165, 1.54) is 34.8 Å². The van der Waals surface area contributed by atoms with Gasteiger partial charge in [0.15, 0.2) is 6.61 Å². The molecule has 2 rings (SSSR count). The number of carbonyl (C=O) groups is 3. The van der Waals surface area contributed by atoms with Crippen LogP contribution in [-0.4, -0.2) is 31.1 Å². The van der Waals surface area contributed by atoms with Crippen molar-refractivity contribution in [1.82, 2.24) is 0 Å². The first-order chi connectivity index (χ1) is 13.1. The fourth-order valence-electron chi connectivity index (χ4n) is 2.06. The smallest absolute Gasteiger partial charge is 0.341 e. The van der Waals surface area contributed by atoms with Crippen LogP contribution in [0.5, 0.6) is 0 Å². The lowest BCUT2D eigenvalue weighted by Gasteiger charge is -2.08. The molecule has 8 heteroatoms. The van der Waals surface area contributed by atoms with Gasteiger partial charge >= 0.3 is 11.9 Å². The molecule has 0 atom stereocenters. The van der Waals surface area contributed by atoms with Crippen LogP contribution in [0.4, 0.5) is 5.00 Å². The Morgan fingerprint density at radius 2 is 2.00 bits per heavy atom. The Morgan fingerprint density at radius 1 is 1.19 bits per heavy atom. The van der Waals surface area contributed by atoms with E-state index in [1.54, 1.807) is 24.5 Å². The SMILES string of the molecule is CC=CC=CC(=O)OCC(=O)Nc1scc(-c2cccs2)c1C(=O)OCC. The first-order valence-electron chi connectivity index (χ1n) is 8.15. The molecule has 0 fully saturated rings. The highest BCUT2D eigenvalue weighted by molar-refractivity contribution is 7.17. The molecule has 1 amide bonds. The van der Waals surface area contributed by atoms with Crippen molar-refractivity contribution in [2.24, 2.45) is 0 Å². The minimum atomic E-state index is -0.626. The molecular formula is C19H19NO5S2. The van der Waals surface area contributed by atoms with Gasteiger partial charge in [-0.1, -0.05) is 24.3 Å². The molecule has 0 aliphatic carbocycles. The number of hydrogen-bond donors (Lipinski definition) is 1. The highest BCUT2D eigenvalue weighted by Crippen LogP contribution is 2.38. The van der Waals surface area contributed by atoms with Gasteiger partial charge in [-0.3, -0.25) is 4.79 Å². The summed E-state index contributed by atoms with van der Waals surface area (Å²) in [5.74, 6) is -1.67. The molecule has 0 aliphatic heterocycles. The fraction of sp³-hybridized carbons (Fsp3) is 0.211. The standard InChI is InChI=1S/C19H19NO5S2/c1-3-5-6-9-16(22)25-11-15(21)20-18-17(19(23)24-4-2)13(12-27-18)14-8-7-10-26-14/h3,5-10,12H,4,11H2,1-2H3,(H,20,21). The Hall–Kier alpha value is -2.71. The monoisotopic (exact) mass is 405 g/mol. The van der Waals surface area contributed by atoms with E-state index in [0.29, 0.717) is 16.1 Å². The van der Waals surface area contributed by atoms with Gasteiger partial charge in [0.1, 0.15) is 10.6 Å². The molecule has 0 saturated carbocycles. The van der Waals surface area contributed by atoms with Crippen LogP contribution in [0.2, 0.25) is 0 Å². The lowest BCUT2D eigenvalue weighted by molar-refractivity contribution is -0.142. The molecule has 0 radical (unpaired) electrons. The molecule has 6 nitrogen and oxygen atoms in total. The van der Waals surface area contributed by atoms with E-state index in [-0.39, 0.29) is 6.61 Å². The van der Waals surface area contributed by atoms with Crippen LogP contribution < -0.4 is 5.32 Å². The molecule has 0 aromatic carbocycles. The lowest BCUT2D eigenvalue weighted by Crippen LogP contribution is -2.21. The number of rotatable bonds is 8. The molecule has 0 unspecified atom stereocenters. The third-order valence-electron chi connectivity index (χ3n) is 3.19. The Balaban J connectivity index is 2.10. The maximum absolute atomic E-state index is 12.4. The highest BCUT2D eigenvalue weighted by atomic mass is 32.1. The summed E-state index contributed by atoms with van der Waals surface area (Å²) in [6.07, 6.45) is 6.17. The van der Waals surface area contributed by atoms with E-state index in [0.717, 1.165) is 4.88 Å². The van der Waals surface area contributed by atoms with Gasteiger partial charge in [-0.15, -0.1) is 22.7 Å². The second kappa shape index (κ2) is 10.4. The minimum absolute atomic E-state index is 0.224. The number of thiophene rings is 2. The van der Waals surface area contributed by atoms with Crippen LogP contribution in [0.25, 0.3) is 10.4 Å². The summed E-state index contributed by atoms with van der Waals surface area (Å²) in [7, 11) is 0. The van der Waals surface area contributed by atoms with E-state index in [2.05, 4.69) is 5.32 Å². The molecule has 0 spiro atoms. The number of esters is 2. The summed E-state index contributed by atoms with van der Waals surface area (Å²) < 4.78 is 9.99. The van der Waals surface area contributed by atoms with E-state index in [9.17, 15) is 14.4 Å². The van der Waals surface area contributed by atoms with Crippen molar-refractivity contribution in [3.63, 3.8) is 0 Å². The Labute approximate surface area is 165 Å². The largest absolute Gasteiger partial charge is 0.462 e. The summed E-state index contributed by atoms with van der Waals surface area (Å²) in [5.41, 5.74) is 1.01. The number of nitrogens with one attached hydrogen (secondary N) is 1. The predicted octanol–water partition coefficient (Wildman–Crippen LogP) is 4.27. The Bertz CT molecular complexity index is 850. The summed E-state index contributed by atoms with van der Waals surface area (Å²) in [6.45, 7) is 3.30. The van der Waals surface area contributed by atoms with Gasteiger partial charge in [-0.25, -0.2) is 9.59 Å². The summed E-state index contributed by atoms with van der Waals surface area (Å²) >= 11 is 2.70. The van der Waals surface area contributed by atoms with Crippen molar-refractivity contribution in [2.45, 2.75) is 13.8 Å². The average Bonchev–Trinajstić information content (AvgIpc) is 3.30. The molecular weight excluding hydrogens is 386 g/mol. The fourth-order valence-corrected chi connectivity index (χ4v) is 3.85. The van der Waals surface area contributed by atoms with E-state index < -0.39 is 24.5 Å². The average molecular weight is 405 g/mol. The van der Waals surface area contributed by atoms with Crippen molar-refractivity contribution in [1.29, 1.82) is 0 Å². The maximum atomic E-state index is 12.4. The highest BCUT2D eigenvalue weighted by Gasteiger charge is 2.23. The minimum Gasteiger partial charge on any atom is -0.462 e. The Morgan fingerprint density at radius 3 is 2.67 bits per heavy atom. The molecule has 1 N–H and O–H groups in total. The summed E-state index contributed by atoms with van der Waals surface area (Å²) in [6, 6.07) is 3.77. The molecule has 2 heterocycles. The van der Waals surface area contributed by atoms with Crippen LogP contribution in [0.15, 0.2) is 47.2 Å². The number of amides is 1. The van der Waals surface area contributed by atoms with Crippen LogP contribution >= 0.6 is 22.7 Å². The van der Waals surface area contributed by atoms with Gasteiger partial charge in [0.25, 0.3) is 5.91 Å². The zero-order valence-electron chi connectivity index (χ0n) is 14.9. The zero-order valence-corrected chi connectivity index (χ0v) is 16.5. The molecule has 27 heavy (non-hydrogen) atoms. The van der Waals surface area contributed by atoms with Crippen molar-refractivity contribution in [2.75, 3.05) is 18.5 Å². The van der Waals surface area contributed by atoms with Gasteiger partial charge < -0.3 is 14.8 Å². The normalized spacial score (nSPS) is 11.0. The first kappa shape index (κ1) is 20.6. The van der Waals surface area contributed by atoms with Crippen molar-refractivity contribution < 1.29 is 23.9 Å². The van der Waals surface area contributed by atoms with Crippen LogP contribution in [0, 0.1) is 0 Å². The van der Waals surface area contributed by atoms with Crippen LogP contribution in [0.1, 0.15) is 24.2 Å². The summed E-state index contributed by atoms with van der Waals surface area (Å²) in [4.78, 5) is 36.9. The van der Waals surface area contributed by atoms with Gasteiger partial charge in [0, 0.05) is 21.9 Å². The maximum Gasteiger partial charge on any atom is 0.341 e. The van der Waals surface area contributed by atoms with Crippen LogP contribution in [0.3, 0.4) is 0 Å². The number of ether oxygens (including phenoxy) is 2. The second-order valence-corrected chi connectivity index (χ2v) is 6.92. The predicted molar refractivity (Wildman–Crippen MR) is 107 cm³/mol. The van der Waals surface area contributed by atoms with E-state index in [1.807, 2.05) is 24.4 Å². The summed E-state index contributed by atoms with van der Waals surface area (Å²) in [5, 5.41) is 6.68. The van der Waals surface area contributed by atoms with Crippen LogP contribution in [-0.2, 0) is 19.1 Å². The van der Waals surface area contributed by atoms with Crippen molar-refractivity contribution in [3.8, 4) is 10.4 Å². The molecule has 0 saturated heterocycles. The van der Waals surface area contributed by atoms with Crippen molar-refractivity contribution >= 4 is 45.5 Å². The van der Waals surface area contributed by atoms with Gasteiger partial charge in [0.05, 0.1) is 6.61 Å².